The Morgan fingerprint density at radius 1 is 0.260 bits per heavy atom. The van der Waals surface area contributed by atoms with Crippen LogP contribution in [0.1, 0.15) is 0 Å². The molecule has 73 heavy (non-hydrogen) atoms. The molecule has 0 saturated carbocycles. The van der Waals surface area contributed by atoms with Crippen LogP contribution in [0.2, 0.25) is 0 Å². The topological polar surface area (TPSA) is 9.72 Å². The summed E-state index contributed by atoms with van der Waals surface area (Å²) < 4.78 is 2.53. The van der Waals surface area contributed by atoms with E-state index in [2.05, 4.69) is 288 Å². The summed E-state index contributed by atoms with van der Waals surface area (Å²) in [5.74, 6) is 0. The van der Waals surface area contributed by atoms with E-state index in [0.29, 0.717) is 0 Å². The van der Waals surface area contributed by atoms with Gasteiger partial charge in [-0.1, -0.05) is 164 Å². The van der Waals surface area contributed by atoms with Gasteiger partial charge in [-0.3, -0.25) is 0 Å². The molecule has 0 aliphatic rings. The molecule has 0 unspecified atom stereocenters. The van der Waals surface area contributed by atoms with Crippen molar-refractivity contribution in [3.8, 4) is 10.4 Å². The van der Waals surface area contributed by atoms with E-state index >= 15 is 0 Å². The van der Waals surface area contributed by atoms with Crippen molar-refractivity contribution in [1.29, 1.82) is 0 Å². The van der Waals surface area contributed by atoms with E-state index in [0.717, 1.165) is 50.5 Å². The third kappa shape index (κ3) is 7.48. The van der Waals surface area contributed by atoms with Gasteiger partial charge in [0, 0.05) is 64.9 Å². The first-order valence-electron chi connectivity index (χ1n) is 24.7. The fourth-order valence-electron chi connectivity index (χ4n) is 10.9. The van der Waals surface area contributed by atoms with Gasteiger partial charge in [0.1, 0.15) is 5.00 Å². The summed E-state index contributed by atoms with van der Waals surface area (Å²) in [4.78, 5) is 8.50. The number of hydrogen-bond acceptors (Lipinski definition) is 5. The number of benzene rings is 12. The van der Waals surface area contributed by atoms with E-state index in [1.807, 2.05) is 22.7 Å². The van der Waals surface area contributed by atoms with Crippen LogP contribution in [0.15, 0.2) is 273 Å². The highest BCUT2D eigenvalue weighted by atomic mass is 32.1. The van der Waals surface area contributed by atoms with Gasteiger partial charge < -0.3 is 14.7 Å². The van der Waals surface area contributed by atoms with Crippen LogP contribution in [0.25, 0.3) is 73.7 Å². The molecule has 0 atom stereocenters. The third-order valence-corrected chi connectivity index (χ3v) is 16.5. The van der Waals surface area contributed by atoms with Crippen LogP contribution in [0.3, 0.4) is 0 Å². The van der Waals surface area contributed by atoms with Crippen molar-refractivity contribution in [1.82, 2.24) is 0 Å². The predicted molar refractivity (Wildman–Crippen MR) is 317 cm³/mol. The maximum absolute atomic E-state index is 2.48. The minimum Gasteiger partial charge on any atom is -0.310 e. The maximum atomic E-state index is 2.48. The lowest BCUT2D eigenvalue weighted by Crippen LogP contribution is -2.10. The van der Waals surface area contributed by atoms with E-state index in [1.54, 1.807) is 0 Å². The van der Waals surface area contributed by atoms with Crippen molar-refractivity contribution in [3.05, 3.63) is 273 Å². The van der Waals surface area contributed by atoms with Crippen LogP contribution < -0.4 is 14.7 Å². The molecule has 12 aromatic carbocycles. The van der Waals surface area contributed by atoms with Gasteiger partial charge in [0.25, 0.3) is 0 Å². The van der Waals surface area contributed by atoms with Gasteiger partial charge >= 0.3 is 0 Å². The summed E-state index contributed by atoms with van der Waals surface area (Å²) >= 11 is 3.71. The molecule has 5 heteroatoms. The van der Waals surface area contributed by atoms with Gasteiger partial charge in [-0.15, -0.1) is 22.7 Å². The van der Waals surface area contributed by atoms with Crippen LogP contribution in [-0.4, -0.2) is 0 Å². The smallest absolute Gasteiger partial charge is 0.101 e. The highest BCUT2D eigenvalue weighted by Crippen LogP contribution is 2.51. The van der Waals surface area contributed by atoms with Gasteiger partial charge in [0.15, 0.2) is 0 Å². The summed E-state index contributed by atoms with van der Waals surface area (Å²) in [7, 11) is 0. The Morgan fingerprint density at radius 2 is 0.699 bits per heavy atom. The van der Waals surface area contributed by atoms with Gasteiger partial charge in [-0.25, -0.2) is 0 Å². The molecule has 0 fully saturated rings. The van der Waals surface area contributed by atoms with Crippen molar-refractivity contribution in [2.24, 2.45) is 0 Å². The molecule has 0 aliphatic carbocycles. The van der Waals surface area contributed by atoms with E-state index in [4.69, 9.17) is 0 Å². The highest BCUT2D eigenvalue weighted by Gasteiger charge is 2.24. The molecule has 2 aromatic heterocycles. The predicted octanol–water partition coefficient (Wildman–Crippen LogP) is 20.8. The van der Waals surface area contributed by atoms with Gasteiger partial charge in [-0.05, 0) is 158 Å². The van der Waals surface area contributed by atoms with Gasteiger partial charge in [0.05, 0.1) is 5.69 Å². The average molecular weight is 968 g/mol. The first-order chi connectivity index (χ1) is 36.2. The molecule has 2 heterocycles. The minimum absolute atomic E-state index is 1.10. The highest BCUT2D eigenvalue weighted by molar-refractivity contribution is 7.26. The molecule has 0 radical (unpaired) electrons. The van der Waals surface area contributed by atoms with Crippen LogP contribution in [0.4, 0.5) is 50.5 Å². The normalized spacial score (nSPS) is 11.6. The molecule has 14 rings (SSSR count). The molecule has 0 spiro atoms. The van der Waals surface area contributed by atoms with E-state index < -0.39 is 0 Å². The Kier molecular flexibility index (Phi) is 10.6. The lowest BCUT2D eigenvalue weighted by atomic mass is 9.93. The molecule has 14 aromatic rings. The van der Waals surface area contributed by atoms with E-state index in [-0.39, 0.29) is 0 Å². The molecule has 0 amide bonds. The van der Waals surface area contributed by atoms with Crippen molar-refractivity contribution >= 4 is 136 Å². The molecule has 344 valence electrons. The second-order valence-electron chi connectivity index (χ2n) is 18.5. The molecular weight excluding hydrogens is 923 g/mol. The summed E-state index contributed by atoms with van der Waals surface area (Å²) in [5, 5.41) is 13.5. The largest absolute Gasteiger partial charge is 0.310 e. The monoisotopic (exact) mass is 967 g/mol. The Morgan fingerprint density at radius 3 is 1.26 bits per heavy atom. The fraction of sp³-hybridized carbons (Fsp3) is 0. The molecule has 0 bridgehead atoms. The average Bonchev–Trinajstić information content (AvgIpc) is 4.12. The molecular formula is C68H45N3S2. The van der Waals surface area contributed by atoms with Crippen LogP contribution in [0, 0.1) is 0 Å². The third-order valence-electron chi connectivity index (χ3n) is 14.2. The van der Waals surface area contributed by atoms with Gasteiger partial charge in [-0.2, -0.15) is 0 Å². The first kappa shape index (κ1) is 42.8. The Hall–Kier alpha value is -9.00. The quantitative estimate of drug-likeness (QED) is 0.126. The fourth-order valence-corrected chi connectivity index (χ4v) is 13.2. The Bertz CT molecular complexity index is 4250. The van der Waals surface area contributed by atoms with Crippen LogP contribution in [0.5, 0.6) is 0 Å². The first-order valence-corrected chi connectivity index (χ1v) is 26.4. The van der Waals surface area contributed by atoms with Crippen molar-refractivity contribution in [2.45, 2.75) is 0 Å². The lowest BCUT2D eigenvalue weighted by Gasteiger charge is -2.27. The number of para-hydroxylation sites is 4. The van der Waals surface area contributed by atoms with Crippen molar-refractivity contribution < 1.29 is 0 Å². The van der Waals surface area contributed by atoms with Crippen LogP contribution >= 0.6 is 22.7 Å². The lowest BCUT2D eigenvalue weighted by molar-refractivity contribution is 1.29. The summed E-state index contributed by atoms with van der Waals surface area (Å²) in [6, 6.07) is 99.7. The maximum Gasteiger partial charge on any atom is 0.101 e. The number of rotatable bonds is 10. The summed E-state index contributed by atoms with van der Waals surface area (Å²) in [5.41, 5.74) is 10.1. The van der Waals surface area contributed by atoms with E-state index in [9.17, 15) is 0 Å². The van der Waals surface area contributed by atoms with Crippen molar-refractivity contribution in [3.63, 3.8) is 0 Å². The second-order valence-corrected chi connectivity index (χ2v) is 20.6. The van der Waals surface area contributed by atoms with E-state index in [1.165, 1.54) is 73.7 Å². The Labute approximate surface area is 431 Å². The number of fused-ring (bicyclic) bond motifs is 11. The number of hydrogen-bond donors (Lipinski definition) is 0. The zero-order valence-electron chi connectivity index (χ0n) is 39.6. The summed E-state index contributed by atoms with van der Waals surface area (Å²) in [6.45, 7) is 0. The standard InChI is InChI=1S/C68H45N3S2/c1-6-20-46(21-7-1)64-40-41-66(72-64)71(54-36-39-65-62(45-54)67-63(42-47-22-16-17-31-55(47)68(67)73-65)70(50-27-12-4-13-28-50)51-29-14-5-15-30-51)53-35-38-59-57-33-19-18-32-56(57)58-37-34-52(43-60(58)61(59)44-53)69(48-23-8-2-9-24-48)49-25-10-3-11-26-49/h1-45H. The number of nitrogens with zero attached hydrogens (tertiary/aromatic N) is 3. The molecule has 0 N–H and O–H groups in total. The van der Waals surface area contributed by atoms with Crippen LogP contribution in [-0.2, 0) is 0 Å². The molecule has 0 aliphatic heterocycles. The Balaban J connectivity index is 1.02. The summed E-state index contributed by atoms with van der Waals surface area (Å²) in [6.07, 6.45) is 0. The van der Waals surface area contributed by atoms with Crippen molar-refractivity contribution in [2.75, 3.05) is 14.7 Å². The molecule has 3 nitrogen and oxygen atoms in total. The zero-order valence-corrected chi connectivity index (χ0v) is 41.3. The molecule has 0 saturated heterocycles. The zero-order chi connectivity index (χ0) is 48.2. The number of anilines is 9. The second kappa shape index (κ2) is 18.0. The SMILES string of the molecule is c1ccc(-c2ccc(N(c3ccc4c5ccccc5c5ccc(N(c6ccccc6)c6ccccc6)cc5c4c3)c3ccc4sc5c6ccccc6cc(N(c6ccccc6)c6ccccc6)c5c4c3)s2)cc1. The minimum atomic E-state index is 1.10. The van der Waals surface area contributed by atoms with Gasteiger partial charge in [0.2, 0.25) is 0 Å². The number of thiophene rings is 2.